The van der Waals surface area contributed by atoms with Crippen LogP contribution in [0.1, 0.15) is 36.2 Å². The predicted octanol–water partition coefficient (Wildman–Crippen LogP) is 5.13. The minimum absolute atomic E-state index is 0.0914. The number of hydrogen-bond donors (Lipinski definition) is 1. The summed E-state index contributed by atoms with van der Waals surface area (Å²) in [5.74, 6) is 0.783. The number of benzene rings is 1. The Morgan fingerprint density at radius 3 is 2.75 bits per heavy atom. The number of aromatic nitrogens is 3. The van der Waals surface area contributed by atoms with Crippen LogP contribution in [0.25, 0.3) is 0 Å². The number of nitrogens with zero attached hydrogens (tertiary/aromatic N) is 3. The van der Waals surface area contributed by atoms with Crippen molar-refractivity contribution >= 4 is 52.2 Å². The highest BCUT2D eigenvalue weighted by molar-refractivity contribution is 8.00. The van der Waals surface area contributed by atoms with Gasteiger partial charge in [-0.2, -0.15) is 0 Å². The van der Waals surface area contributed by atoms with E-state index in [2.05, 4.69) is 21.6 Å². The zero-order valence-electron chi connectivity index (χ0n) is 15.6. The number of thiophene rings is 1. The highest BCUT2D eigenvalue weighted by Gasteiger charge is 2.21. The molecule has 2 atom stereocenters. The normalized spacial score (nSPS) is 13.3. The molecule has 0 spiro atoms. The first-order valence-corrected chi connectivity index (χ1v) is 11.2. The number of halogens is 2. The Morgan fingerprint density at radius 1 is 1.29 bits per heavy atom. The van der Waals surface area contributed by atoms with Crippen molar-refractivity contribution in [1.82, 2.24) is 20.1 Å². The van der Waals surface area contributed by atoms with Gasteiger partial charge in [-0.05, 0) is 43.0 Å². The van der Waals surface area contributed by atoms with Crippen LogP contribution in [0.15, 0.2) is 40.9 Å². The van der Waals surface area contributed by atoms with E-state index in [1.54, 1.807) is 23.5 Å². The molecule has 0 unspecified atom stereocenters. The fourth-order valence-corrected chi connectivity index (χ4v) is 4.76. The molecule has 0 fully saturated rings. The Bertz CT molecular complexity index is 959. The number of rotatable bonds is 7. The second-order valence-electron chi connectivity index (χ2n) is 6.37. The zero-order valence-corrected chi connectivity index (χ0v) is 18.8. The van der Waals surface area contributed by atoms with Gasteiger partial charge in [0, 0.05) is 28.4 Å². The lowest BCUT2D eigenvalue weighted by atomic mass is 10.1. The number of carbonyl (C=O) groups excluding carboxylic acids is 1. The molecule has 1 amide bonds. The van der Waals surface area contributed by atoms with E-state index < -0.39 is 0 Å². The molecule has 2 heterocycles. The van der Waals surface area contributed by atoms with Gasteiger partial charge >= 0.3 is 0 Å². The summed E-state index contributed by atoms with van der Waals surface area (Å²) in [5.41, 5.74) is 0.827. The second kappa shape index (κ2) is 9.31. The number of amides is 1. The average Bonchev–Trinajstić information content (AvgIpc) is 3.27. The molecule has 0 saturated heterocycles. The van der Waals surface area contributed by atoms with Crippen molar-refractivity contribution in [2.24, 2.45) is 7.05 Å². The van der Waals surface area contributed by atoms with E-state index in [4.69, 9.17) is 23.2 Å². The summed E-state index contributed by atoms with van der Waals surface area (Å²) in [4.78, 5) is 13.9. The van der Waals surface area contributed by atoms with Gasteiger partial charge in [0.15, 0.2) is 5.16 Å². The maximum absolute atomic E-state index is 12.6. The van der Waals surface area contributed by atoms with Crippen LogP contribution >= 0.6 is 46.3 Å². The summed E-state index contributed by atoms with van der Waals surface area (Å²) in [5, 5.41) is 15.0. The molecule has 1 aromatic carbocycles. The Hall–Kier alpha value is -1.54. The van der Waals surface area contributed by atoms with Crippen LogP contribution in [0, 0.1) is 0 Å². The zero-order chi connectivity index (χ0) is 20.3. The van der Waals surface area contributed by atoms with E-state index in [-0.39, 0.29) is 17.2 Å². The summed E-state index contributed by atoms with van der Waals surface area (Å²) in [6, 6.07) is 9.13. The van der Waals surface area contributed by atoms with Crippen LogP contribution < -0.4 is 5.32 Å². The molecular weight excluding hydrogens is 435 g/mol. The third kappa shape index (κ3) is 5.08. The molecule has 148 valence electrons. The Kier molecular flexibility index (Phi) is 7.04. The molecular formula is C19H20Cl2N4OS2. The summed E-state index contributed by atoms with van der Waals surface area (Å²) in [6.07, 6.45) is 0.731. The van der Waals surface area contributed by atoms with Crippen molar-refractivity contribution in [3.8, 4) is 0 Å². The van der Waals surface area contributed by atoms with Crippen molar-refractivity contribution in [3.63, 3.8) is 0 Å². The molecule has 5 nitrogen and oxygen atoms in total. The highest BCUT2D eigenvalue weighted by atomic mass is 35.5. The van der Waals surface area contributed by atoms with Gasteiger partial charge in [-0.25, -0.2) is 0 Å². The van der Waals surface area contributed by atoms with Crippen molar-refractivity contribution in [1.29, 1.82) is 0 Å². The van der Waals surface area contributed by atoms with Gasteiger partial charge in [-0.1, -0.05) is 47.1 Å². The smallest absolute Gasteiger partial charge is 0.233 e. The lowest BCUT2D eigenvalue weighted by Gasteiger charge is -2.18. The quantitative estimate of drug-likeness (QED) is 0.502. The van der Waals surface area contributed by atoms with E-state index >= 15 is 0 Å². The van der Waals surface area contributed by atoms with Crippen molar-refractivity contribution in [3.05, 3.63) is 62.0 Å². The average molecular weight is 455 g/mol. The molecule has 2 aromatic heterocycles. The minimum atomic E-state index is -0.328. The summed E-state index contributed by atoms with van der Waals surface area (Å²) in [7, 11) is 1.92. The lowest BCUT2D eigenvalue weighted by molar-refractivity contribution is -0.120. The van der Waals surface area contributed by atoms with E-state index in [9.17, 15) is 4.79 Å². The topological polar surface area (TPSA) is 59.8 Å². The van der Waals surface area contributed by atoms with Gasteiger partial charge < -0.3 is 9.88 Å². The molecule has 0 aliphatic rings. The second-order valence-corrected chi connectivity index (χ2v) is 9.55. The van der Waals surface area contributed by atoms with E-state index in [1.165, 1.54) is 16.6 Å². The maximum atomic E-state index is 12.6. The van der Waals surface area contributed by atoms with Crippen molar-refractivity contribution < 1.29 is 4.79 Å². The molecule has 0 saturated carbocycles. The van der Waals surface area contributed by atoms with Crippen molar-refractivity contribution in [2.45, 2.75) is 36.7 Å². The maximum Gasteiger partial charge on any atom is 0.233 e. The first-order valence-electron chi connectivity index (χ1n) is 8.67. The van der Waals surface area contributed by atoms with Crippen LogP contribution in [0.4, 0.5) is 0 Å². The monoisotopic (exact) mass is 454 g/mol. The standard InChI is InChI=1S/C19H20Cl2N4OS2/c1-11(15-7-6-13(20)9-16(15)21)22-18(26)12(2)28-19-24-23-17(25(19)3)10-14-5-4-8-27-14/h4-9,11-12H,10H2,1-3H3,(H,22,26)/t11-,12+/m0/s1. The SMILES string of the molecule is C[C@H](NC(=O)[C@@H](C)Sc1nnc(Cc2cccs2)n1C)c1ccc(Cl)cc1Cl. The first-order chi connectivity index (χ1) is 13.3. The number of carbonyl (C=O) groups is 1. The predicted molar refractivity (Wildman–Crippen MR) is 116 cm³/mol. The Labute approximate surface area is 182 Å². The van der Waals surface area contributed by atoms with Gasteiger partial charge in [0.1, 0.15) is 5.82 Å². The lowest BCUT2D eigenvalue weighted by Crippen LogP contribution is -2.33. The summed E-state index contributed by atoms with van der Waals surface area (Å²) in [6.45, 7) is 3.75. The van der Waals surface area contributed by atoms with Gasteiger partial charge in [0.25, 0.3) is 0 Å². The summed E-state index contributed by atoms with van der Waals surface area (Å²) >= 11 is 15.2. The molecule has 3 rings (SSSR count). The van der Waals surface area contributed by atoms with Crippen molar-refractivity contribution in [2.75, 3.05) is 0 Å². The molecule has 9 heteroatoms. The van der Waals surface area contributed by atoms with Crippen LogP contribution in [-0.4, -0.2) is 25.9 Å². The van der Waals surface area contributed by atoms with Crippen LogP contribution in [-0.2, 0) is 18.3 Å². The summed E-state index contributed by atoms with van der Waals surface area (Å²) < 4.78 is 1.94. The van der Waals surface area contributed by atoms with Crippen LogP contribution in [0.5, 0.6) is 0 Å². The molecule has 0 radical (unpaired) electrons. The van der Waals surface area contributed by atoms with E-state index in [1.807, 2.05) is 43.0 Å². The van der Waals surface area contributed by atoms with Gasteiger partial charge in [0.05, 0.1) is 11.3 Å². The largest absolute Gasteiger partial charge is 0.349 e. The molecule has 0 bridgehead atoms. The van der Waals surface area contributed by atoms with Crippen LogP contribution in [0.2, 0.25) is 10.0 Å². The Balaban J connectivity index is 1.62. The molecule has 0 aliphatic heterocycles. The van der Waals surface area contributed by atoms with Gasteiger partial charge in [-0.3, -0.25) is 4.79 Å². The fourth-order valence-electron chi connectivity index (χ4n) is 2.64. The first kappa shape index (κ1) is 21.2. The van der Waals surface area contributed by atoms with Gasteiger partial charge in [0.2, 0.25) is 5.91 Å². The van der Waals surface area contributed by atoms with E-state index in [0.29, 0.717) is 15.2 Å². The van der Waals surface area contributed by atoms with Crippen LogP contribution in [0.3, 0.4) is 0 Å². The Morgan fingerprint density at radius 2 is 2.07 bits per heavy atom. The third-order valence-corrected chi connectivity index (χ3v) is 6.85. The van der Waals surface area contributed by atoms with E-state index in [0.717, 1.165) is 17.8 Å². The fraction of sp³-hybridized carbons (Fsp3) is 0.316. The number of thioether (sulfide) groups is 1. The third-order valence-electron chi connectivity index (χ3n) is 4.28. The molecule has 3 aromatic rings. The number of hydrogen-bond acceptors (Lipinski definition) is 5. The molecule has 0 aliphatic carbocycles. The van der Waals surface area contributed by atoms with Gasteiger partial charge in [-0.15, -0.1) is 21.5 Å². The molecule has 1 N–H and O–H groups in total. The number of nitrogens with one attached hydrogen (secondary N) is 1. The molecule has 28 heavy (non-hydrogen) atoms. The highest BCUT2D eigenvalue weighted by Crippen LogP contribution is 2.27. The minimum Gasteiger partial charge on any atom is -0.349 e.